The van der Waals surface area contributed by atoms with Crippen molar-refractivity contribution >= 4 is 17.9 Å². The number of furan rings is 2. The largest absolute Gasteiger partial charge is 0.469 e. The molecule has 23 heavy (non-hydrogen) atoms. The highest BCUT2D eigenvalue weighted by atomic mass is 16.5. The molecule has 0 aliphatic carbocycles. The first-order chi connectivity index (χ1) is 11.0. The molecule has 8 nitrogen and oxygen atoms in total. The molecule has 0 saturated carbocycles. The van der Waals surface area contributed by atoms with Crippen LogP contribution in [-0.2, 0) is 25.4 Å². The third-order valence-corrected chi connectivity index (χ3v) is 3.06. The van der Waals surface area contributed by atoms with Crippen molar-refractivity contribution in [3.05, 3.63) is 35.3 Å². The van der Waals surface area contributed by atoms with Gasteiger partial charge in [0.25, 0.3) is 0 Å². The molecule has 8 heteroatoms. The Morgan fingerprint density at radius 3 is 2.26 bits per heavy atom. The van der Waals surface area contributed by atoms with E-state index in [-0.39, 0.29) is 34.8 Å². The molecule has 0 bridgehead atoms. The second-order valence-electron chi connectivity index (χ2n) is 4.33. The smallest absolute Gasteiger partial charge is 0.374 e. The van der Waals surface area contributed by atoms with Crippen molar-refractivity contribution < 1.29 is 37.4 Å². The highest BCUT2D eigenvalue weighted by Crippen LogP contribution is 2.33. The minimum atomic E-state index is -0.880. The van der Waals surface area contributed by atoms with Gasteiger partial charge in [0.15, 0.2) is 11.5 Å². The molecule has 0 atom stereocenters. The highest BCUT2D eigenvalue weighted by molar-refractivity contribution is 6.04. The summed E-state index contributed by atoms with van der Waals surface area (Å²) in [6.07, 6.45) is 1.08. The summed E-state index contributed by atoms with van der Waals surface area (Å²) in [7, 11) is 3.48. The lowest BCUT2D eigenvalue weighted by molar-refractivity contribution is -0.139. The Labute approximate surface area is 130 Å². The summed E-state index contributed by atoms with van der Waals surface area (Å²) < 4.78 is 24.5. The zero-order valence-electron chi connectivity index (χ0n) is 12.7. The van der Waals surface area contributed by atoms with Gasteiger partial charge in [-0.3, -0.25) is 4.79 Å². The second kappa shape index (κ2) is 6.82. The van der Waals surface area contributed by atoms with E-state index < -0.39 is 17.9 Å². The maximum atomic E-state index is 12.1. The molecule has 2 rings (SSSR count). The van der Waals surface area contributed by atoms with E-state index in [0.29, 0.717) is 0 Å². The summed E-state index contributed by atoms with van der Waals surface area (Å²) in [4.78, 5) is 35.6. The zero-order valence-corrected chi connectivity index (χ0v) is 12.7. The van der Waals surface area contributed by atoms with Gasteiger partial charge in [0.05, 0.1) is 34.0 Å². The number of hydrogen-bond acceptors (Lipinski definition) is 8. The van der Waals surface area contributed by atoms with Gasteiger partial charge in [-0.2, -0.15) is 0 Å². The molecule has 122 valence electrons. The van der Waals surface area contributed by atoms with Crippen LogP contribution in [0.4, 0.5) is 0 Å². The van der Waals surface area contributed by atoms with Crippen LogP contribution in [0.3, 0.4) is 0 Å². The fourth-order valence-electron chi connectivity index (χ4n) is 2.01. The van der Waals surface area contributed by atoms with Crippen molar-refractivity contribution in [3.8, 4) is 11.5 Å². The van der Waals surface area contributed by atoms with Gasteiger partial charge in [-0.25, -0.2) is 9.59 Å². The molecule has 0 radical (unpaired) electrons. The van der Waals surface area contributed by atoms with Gasteiger partial charge in [-0.1, -0.05) is 0 Å². The Morgan fingerprint density at radius 1 is 1.04 bits per heavy atom. The molecule has 2 heterocycles. The van der Waals surface area contributed by atoms with Gasteiger partial charge >= 0.3 is 17.9 Å². The second-order valence-corrected chi connectivity index (χ2v) is 4.33. The van der Waals surface area contributed by atoms with Gasteiger partial charge in [0.2, 0.25) is 5.76 Å². The van der Waals surface area contributed by atoms with Gasteiger partial charge in [0.1, 0.15) is 5.56 Å². The van der Waals surface area contributed by atoms with E-state index in [0.717, 1.165) is 14.2 Å². The molecular formula is C15H14O8. The molecule has 0 N–H and O–H groups in total. The topological polar surface area (TPSA) is 105 Å². The number of esters is 3. The van der Waals surface area contributed by atoms with E-state index in [9.17, 15) is 14.4 Å². The lowest BCUT2D eigenvalue weighted by Gasteiger charge is -2.03. The van der Waals surface area contributed by atoms with E-state index in [1.54, 1.807) is 12.1 Å². The first-order valence-corrected chi connectivity index (χ1v) is 6.46. The van der Waals surface area contributed by atoms with Crippen molar-refractivity contribution in [2.24, 2.45) is 0 Å². The van der Waals surface area contributed by atoms with Crippen LogP contribution in [0, 0.1) is 0 Å². The molecule has 0 unspecified atom stereocenters. The summed E-state index contributed by atoms with van der Waals surface area (Å²) in [5.74, 6) is -2.42. The number of ether oxygens (including phenoxy) is 3. The maximum Gasteiger partial charge on any atom is 0.374 e. The standard InChI is InChI=1S/C15H14O8/c1-19-10(16)7-8-11(14(17)20-2)13(15(18)21-3)23-12(8)9-5-4-6-22-9/h4-6H,7H2,1-3H3. The first-order valence-electron chi connectivity index (χ1n) is 6.46. The van der Waals surface area contributed by atoms with E-state index in [2.05, 4.69) is 14.2 Å². The first kappa shape index (κ1) is 16.3. The van der Waals surface area contributed by atoms with Crippen molar-refractivity contribution in [2.75, 3.05) is 21.3 Å². The van der Waals surface area contributed by atoms with E-state index in [1.165, 1.54) is 13.4 Å². The lowest BCUT2D eigenvalue weighted by Crippen LogP contribution is -2.14. The van der Waals surface area contributed by atoms with Crippen LogP contribution in [0.2, 0.25) is 0 Å². The Balaban J connectivity index is 2.70. The summed E-state index contributed by atoms with van der Waals surface area (Å²) >= 11 is 0. The fraction of sp³-hybridized carbons (Fsp3) is 0.267. The van der Waals surface area contributed by atoms with Gasteiger partial charge in [0, 0.05) is 5.56 Å². The number of carbonyl (C=O) groups is 3. The molecule has 2 aromatic rings. The van der Waals surface area contributed by atoms with E-state index in [1.807, 2.05) is 0 Å². The summed E-state index contributed by atoms with van der Waals surface area (Å²) in [5, 5.41) is 0. The third kappa shape index (κ3) is 3.10. The molecule has 0 aliphatic heterocycles. The Kier molecular flexibility index (Phi) is 4.85. The Bertz CT molecular complexity index is 723. The van der Waals surface area contributed by atoms with Gasteiger partial charge in [-0.05, 0) is 12.1 Å². The molecule has 0 fully saturated rings. The molecule has 2 aromatic heterocycles. The van der Waals surface area contributed by atoms with Gasteiger partial charge in [-0.15, -0.1) is 0 Å². The predicted molar refractivity (Wildman–Crippen MR) is 74.8 cm³/mol. The monoisotopic (exact) mass is 322 g/mol. The minimum absolute atomic E-state index is 0.0567. The average molecular weight is 322 g/mol. The summed E-state index contributed by atoms with van der Waals surface area (Å²) in [6.45, 7) is 0. The highest BCUT2D eigenvalue weighted by Gasteiger charge is 2.33. The SMILES string of the molecule is COC(=O)Cc1c(-c2ccco2)oc(C(=O)OC)c1C(=O)OC. The summed E-state index contributed by atoms with van der Waals surface area (Å²) in [5.41, 5.74) is -0.0739. The Morgan fingerprint density at radius 2 is 1.74 bits per heavy atom. The zero-order chi connectivity index (χ0) is 17.0. The van der Waals surface area contributed by atoms with Crippen LogP contribution in [0.15, 0.2) is 27.2 Å². The van der Waals surface area contributed by atoms with Crippen molar-refractivity contribution in [1.82, 2.24) is 0 Å². The third-order valence-electron chi connectivity index (χ3n) is 3.06. The molecule has 0 aromatic carbocycles. The normalized spacial score (nSPS) is 10.2. The Hall–Kier alpha value is -3.03. The van der Waals surface area contributed by atoms with Crippen LogP contribution >= 0.6 is 0 Å². The summed E-state index contributed by atoms with van der Waals surface area (Å²) in [6, 6.07) is 3.15. The van der Waals surface area contributed by atoms with Crippen LogP contribution in [0.5, 0.6) is 0 Å². The molecule has 0 saturated heterocycles. The number of carbonyl (C=O) groups excluding carboxylic acids is 3. The van der Waals surface area contributed by atoms with Crippen LogP contribution < -0.4 is 0 Å². The van der Waals surface area contributed by atoms with Crippen molar-refractivity contribution in [2.45, 2.75) is 6.42 Å². The van der Waals surface area contributed by atoms with E-state index in [4.69, 9.17) is 8.83 Å². The minimum Gasteiger partial charge on any atom is -0.469 e. The lowest BCUT2D eigenvalue weighted by atomic mass is 10.0. The van der Waals surface area contributed by atoms with E-state index >= 15 is 0 Å². The number of hydrogen-bond donors (Lipinski definition) is 0. The molecule has 0 amide bonds. The van der Waals surface area contributed by atoms with Crippen molar-refractivity contribution in [3.63, 3.8) is 0 Å². The number of rotatable bonds is 5. The molecular weight excluding hydrogens is 308 g/mol. The number of methoxy groups -OCH3 is 3. The van der Waals surface area contributed by atoms with Crippen molar-refractivity contribution in [1.29, 1.82) is 0 Å². The maximum absolute atomic E-state index is 12.1. The quantitative estimate of drug-likeness (QED) is 0.606. The van der Waals surface area contributed by atoms with Crippen LogP contribution in [0.1, 0.15) is 26.5 Å². The van der Waals surface area contributed by atoms with Crippen LogP contribution in [0.25, 0.3) is 11.5 Å². The van der Waals surface area contributed by atoms with Gasteiger partial charge < -0.3 is 23.0 Å². The van der Waals surface area contributed by atoms with Crippen LogP contribution in [-0.4, -0.2) is 39.2 Å². The predicted octanol–water partition coefficient (Wildman–Crippen LogP) is 1.83. The average Bonchev–Trinajstić information content (AvgIpc) is 3.20. The molecule has 0 spiro atoms. The fourth-order valence-corrected chi connectivity index (χ4v) is 2.01. The molecule has 0 aliphatic rings.